The smallest absolute Gasteiger partial charge is 0.161 e. The van der Waals surface area contributed by atoms with Crippen molar-refractivity contribution >= 4 is 5.78 Å². The molecule has 2 heteroatoms. The third-order valence-electron chi connectivity index (χ3n) is 13.8. The van der Waals surface area contributed by atoms with Gasteiger partial charge in [0.05, 0.1) is 0 Å². The fourth-order valence-electron chi connectivity index (χ4n) is 11.1. The molecule has 0 heterocycles. The van der Waals surface area contributed by atoms with Crippen LogP contribution in [-0.2, 0) is 4.79 Å². The summed E-state index contributed by atoms with van der Waals surface area (Å²) in [7, 11) is 0. The molecule has 5 fully saturated rings. The maximum atomic E-state index is 12.9. The van der Waals surface area contributed by atoms with Gasteiger partial charge in [0.2, 0.25) is 0 Å². The van der Waals surface area contributed by atoms with Crippen molar-refractivity contribution in [2.24, 2.45) is 56.2 Å². The first-order valence-electron chi connectivity index (χ1n) is 13.8. The van der Waals surface area contributed by atoms with E-state index in [2.05, 4.69) is 55.4 Å². The third kappa shape index (κ3) is 2.71. The topological polar surface area (TPSA) is 37.3 Å². The van der Waals surface area contributed by atoms with E-state index >= 15 is 0 Å². The van der Waals surface area contributed by atoms with Crippen molar-refractivity contribution in [2.45, 2.75) is 126 Å². The molecular weight excluding hydrogens is 392 g/mol. The van der Waals surface area contributed by atoms with Crippen LogP contribution in [0.3, 0.4) is 0 Å². The van der Waals surface area contributed by atoms with E-state index in [1.54, 1.807) is 0 Å². The fraction of sp³-hybridized carbons (Fsp3) is 0.967. The number of rotatable bonds is 0. The van der Waals surface area contributed by atoms with E-state index in [4.69, 9.17) is 0 Å². The average molecular weight is 443 g/mol. The fourth-order valence-corrected chi connectivity index (χ4v) is 11.1. The van der Waals surface area contributed by atoms with Crippen LogP contribution in [0.2, 0.25) is 0 Å². The summed E-state index contributed by atoms with van der Waals surface area (Å²) in [5.74, 6) is 2.16. The van der Waals surface area contributed by atoms with Crippen LogP contribution in [0.15, 0.2) is 0 Å². The van der Waals surface area contributed by atoms with Crippen LogP contribution in [-0.4, -0.2) is 17.0 Å². The van der Waals surface area contributed by atoms with Crippen molar-refractivity contribution in [3.8, 4) is 0 Å². The van der Waals surface area contributed by atoms with Crippen LogP contribution < -0.4 is 0 Å². The Bertz CT molecular complexity index is 816. The molecule has 32 heavy (non-hydrogen) atoms. The lowest BCUT2D eigenvalue weighted by Gasteiger charge is -2.75. The first kappa shape index (κ1) is 23.4. The quantitative estimate of drug-likeness (QED) is 0.423. The highest BCUT2D eigenvalue weighted by Gasteiger charge is 2.71. The number of Topliss-reactive ketones (excluding diaryl/α,β-unsaturated/α-hetero) is 1. The molecule has 0 aromatic heterocycles. The van der Waals surface area contributed by atoms with Gasteiger partial charge in [-0.15, -0.1) is 0 Å². The Morgan fingerprint density at radius 1 is 0.719 bits per heavy atom. The summed E-state index contributed by atoms with van der Waals surface area (Å²) in [6.07, 6.45) is 11.9. The molecule has 0 saturated heterocycles. The number of aliphatic hydroxyl groups excluding tert-OH is 1. The van der Waals surface area contributed by atoms with E-state index in [9.17, 15) is 9.90 Å². The minimum atomic E-state index is -0.749. The molecule has 0 aromatic rings. The molecule has 5 aliphatic rings. The zero-order chi connectivity index (χ0) is 23.5. The van der Waals surface area contributed by atoms with Gasteiger partial charge in [-0.25, -0.2) is 0 Å². The van der Waals surface area contributed by atoms with Gasteiger partial charge in [0, 0.05) is 6.42 Å². The zero-order valence-electron chi connectivity index (χ0n) is 22.3. The molecule has 10 atom stereocenters. The maximum absolute atomic E-state index is 12.9. The van der Waals surface area contributed by atoms with Gasteiger partial charge in [0.1, 0.15) is 6.10 Å². The van der Waals surface area contributed by atoms with Gasteiger partial charge in [0.25, 0.3) is 0 Å². The lowest BCUT2D eigenvalue weighted by molar-refractivity contribution is -0.260. The van der Waals surface area contributed by atoms with E-state index in [0.29, 0.717) is 39.9 Å². The van der Waals surface area contributed by atoms with E-state index in [0.717, 1.165) is 5.92 Å². The summed E-state index contributed by atoms with van der Waals surface area (Å²) < 4.78 is 0. The Balaban J connectivity index is 1.55. The van der Waals surface area contributed by atoms with Crippen LogP contribution in [0, 0.1) is 56.2 Å². The summed E-state index contributed by atoms with van der Waals surface area (Å²) in [4.78, 5) is 12.9. The first-order valence-corrected chi connectivity index (χ1v) is 13.8. The number of ketones is 1. The molecular formula is C30H50O2. The average Bonchev–Trinajstić information content (AvgIpc) is 2.72. The molecule has 0 aromatic carbocycles. The Labute approximate surface area is 197 Å². The van der Waals surface area contributed by atoms with E-state index in [-0.39, 0.29) is 22.5 Å². The summed E-state index contributed by atoms with van der Waals surface area (Å²) in [5, 5.41) is 10.7. The van der Waals surface area contributed by atoms with Crippen LogP contribution in [0.25, 0.3) is 0 Å². The monoisotopic (exact) mass is 442 g/mol. The standard InChI is InChI=1S/C30H50O2/c1-19-24(32)20(31)17-22-27(19,5)10-9-21-28(22,6)14-16-30(8)23-18-25(2,3)11-12-26(23,4)13-15-29(21,30)7/h19,21-24,32H,9-18H2,1-8H3. The number of hydrogen-bond donors (Lipinski definition) is 1. The van der Waals surface area contributed by atoms with Crippen LogP contribution in [0.1, 0.15) is 120 Å². The molecule has 0 radical (unpaired) electrons. The maximum Gasteiger partial charge on any atom is 0.161 e. The van der Waals surface area contributed by atoms with Crippen LogP contribution in [0.5, 0.6) is 0 Å². The minimum Gasteiger partial charge on any atom is -0.385 e. The molecule has 5 aliphatic carbocycles. The van der Waals surface area contributed by atoms with Gasteiger partial charge in [-0.3, -0.25) is 4.79 Å². The number of carbonyl (C=O) groups is 1. The summed E-state index contributed by atoms with van der Waals surface area (Å²) in [5.41, 5.74) is 2.07. The molecule has 5 rings (SSSR count). The SMILES string of the molecule is CC1C(O)C(=O)CC2C1(C)CCC1C2(C)CCC2(C)C3CC(C)(C)CCC3(C)CCC12C. The molecule has 10 unspecified atom stereocenters. The Hall–Kier alpha value is -0.370. The van der Waals surface area contributed by atoms with Crippen molar-refractivity contribution in [2.75, 3.05) is 0 Å². The molecule has 182 valence electrons. The Kier molecular flexibility index (Phi) is 4.85. The normalized spacial score (nSPS) is 59.4. The molecule has 0 bridgehead atoms. The third-order valence-corrected chi connectivity index (χ3v) is 13.8. The number of aliphatic hydroxyl groups is 1. The van der Waals surface area contributed by atoms with E-state index in [1.807, 2.05) is 0 Å². The van der Waals surface area contributed by atoms with Gasteiger partial charge < -0.3 is 5.11 Å². The van der Waals surface area contributed by atoms with Gasteiger partial charge in [-0.05, 0) is 114 Å². The second-order valence-electron chi connectivity index (χ2n) is 15.5. The summed E-state index contributed by atoms with van der Waals surface area (Å²) >= 11 is 0. The minimum absolute atomic E-state index is 0.0847. The summed E-state index contributed by atoms with van der Waals surface area (Å²) in [6, 6.07) is 0. The van der Waals surface area contributed by atoms with Crippen LogP contribution in [0.4, 0.5) is 0 Å². The molecule has 0 amide bonds. The lowest BCUT2D eigenvalue weighted by atomic mass is 9.30. The largest absolute Gasteiger partial charge is 0.385 e. The zero-order valence-corrected chi connectivity index (χ0v) is 22.3. The number of fused-ring (bicyclic) bond motifs is 7. The second kappa shape index (κ2) is 6.64. The Morgan fingerprint density at radius 3 is 2.00 bits per heavy atom. The highest BCUT2D eigenvalue weighted by atomic mass is 16.3. The molecule has 0 spiro atoms. The first-order chi connectivity index (χ1) is 14.6. The Morgan fingerprint density at radius 2 is 1.31 bits per heavy atom. The highest BCUT2D eigenvalue weighted by Crippen LogP contribution is 2.78. The van der Waals surface area contributed by atoms with Crippen molar-refractivity contribution in [3.05, 3.63) is 0 Å². The van der Waals surface area contributed by atoms with E-state index in [1.165, 1.54) is 57.8 Å². The molecule has 2 nitrogen and oxygen atoms in total. The van der Waals surface area contributed by atoms with E-state index < -0.39 is 6.10 Å². The highest BCUT2D eigenvalue weighted by molar-refractivity contribution is 5.84. The number of carbonyl (C=O) groups excluding carboxylic acids is 1. The van der Waals surface area contributed by atoms with Crippen molar-refractivity contribution < 1.29 is 9.90 Å². The predicted octanol–water partition coefficient (Wildman–Crippen LogP) is 7.43. The van der Waals surface area contributed by atoms with Gasteiger partial charge in [0.15, 0.2) is 5.78 Å². The lowest BCUT2D eigenvalue weighted by Crippen LogP contribution is -2.68. The second-order valence-corrected chi connectivity index (χ2v) is 15.5. The number of hydrogen-bond acceptors (Lipinski definition) is 2. The molecule has 5 saturated carbocycles. The van der Waals surface area contributed by atoms with Crippen LogP contribution >= 0.6 is 0 Å². The van der Waals surface area contributed by atoms with Gasteiger partial charge in [-0.2, -0.15) is 0 Å². The summed E-state index contributed by atoms with van der Waals surface area (Å²) in [6.45, 7) is 20.2. The van der Waals surface area contributed by atoms with Gasteiger partial charge >= 0.3 is 0 Å². The molecule has 1 N–H and O–H groups in total. The van der Waals surface area contributed by atoms with Crippen molar-refractivity contribution in [1.82, 2.24) is 0 Å². The van der Waals surface area contributed by atoms with Crippen molar-refractivity contribution in [1.29, 1.82) is 0 Å². The molecule has 0 aliphatic heterocycles. The van der Waals surface area contributed by atoms with Crippen molar-refractivity contribution in [3.63, 3.8) is 0 Å². The predicted molar refractivity (Wildman–Crippen MR) is 131 cm³/mol. The van der Waals surface area contributed by atoms with Gasteiger partial charge in [-0.1, -0.05) is 55.4 Å².